The third-order valence-corrected chi connectivity index (χ3v) is 2.64. The number of halogens is 3. The first-order chi connectivity index (χ1) is 8.11. The SMILES string of the molecule is COc1cc(OC)c(C(F)(F)F)cc1C(C)(C)C. The summed E-state index contributed by atoms with van der Waals surface area (Å²) in [6.45, 7) is 5.49. The van der Waals surface area contributed by atoms with Crippen molar-refractivity contribution in [3.8, 4) is 11.5 Å². The van der Waals surface area contributed by atoms with Crippen LogP contribution >= 0.6 is 0 Å². The van der Waals surface area contributed by atoms with Crippen molar-refractivity contribution in [2.75, 3.05) is 14.2 Å². The summed E-state index contributed by atoms with van der Waals surface area (Å²) in [6.07, 6.45) is -4.45. The van der Waals surface area contributed by atoms with Crippen molar-refractivity contribution in [3.05, 3.63) is 23.3 Å². The van der Waals surface area contributed by atoms with Crippen molar-refractivity contribution >= 4 is 0 Å². The number of hydrogen-bond donors (Lipinski definition) is 0. The van der Waals surface area contributed by atoms with E-state index >= 15 is 0 Å². The van der Waals surface area contributed by atoms with Gasteiger partial charge in [0.2, 0.25) is 0 Å². The van der Waals surface area contributed by atoms with Gasteiger partial charge in [-0.1, -0.05) is 20.8 Å². The van der Waals surface area contributed by atoms with E-state index in [-0.39, 0.29) is 5.75 Å². The number of alkyl halides is 3. The summed E-state index contributed by atoms with van der Waals surface area (Å²) in [5.74, 6) is 0.166. The van der Waals surface area contributed by atoms with Crippen LogP contribution in [-0.4, -0.2) is 14.2 Å². The molecule has 0 heterocycles. The highest BCUT2D eigenvalue weighted by atomic mass is 19.4. The number of hydrogen-bond acceptors (Lipinski definition) is 2. The van der Waals surface area contributed by atoms with Crippen LogP contribution in [0.15, 0.2) is 12.1 Å². The molecular weight excluding hydrogens is 245 g/mol. The lowest BCUT2D eigenvalue weighted by molar-refractivity contribution is -0.138. The van der Waals surface area contributed by atoms with E-state index in [2.05, 4.69) is 0 Å². The maximum atomic E-state index is 12.9. The van der Waals surface area contributed by atoms with Crippen molar-refractivity contribution in [1.29, 1.82) is 0 Å². The summed E-state index contributed by atoms with van der Waals surface area (Å²) in [7, 11) is 2.64. The molecule has 0 unspecified atom stereocenters. The number of rotatable bonds is 2. The zero-order chi connectivity index (χ0) is 14.1. The second kappa shape index (κ2) is 4.71. The average Bonchev–Trinajstić information content (AvgIpc) is 2.24. The van der Waals surface area contributed by atoms with Crippen molar-refractivity contribution in [1.82, 2.24) is 0 Å². The van der Waals surface area contributed by atoms with E-state index in [1.165, 1.54) is 20.3 Å². The van der Waals surface area contributed by atoms with Gasteiger partial charge in [0.25, 0.3) is 0 Å². The highest BCUT2D eigenvalue weighted by Crippen LogP contribution is 2.43. The van der Waals surface area contributed by atoms with Gasteiger partial charge in [0.1, 0.15) is 11.5 Å². The molecule has 5 heteroatoms. The molecule has 0 bridgehead atoms. The average molecular weight is 262 g/mol. The van der Waals surface area contributed by atoms with Crippen LogP contribution in [-0.2, 0) is 11.6 Å². The van der Waals surface area contributed by atoms with Crippen LogP contribution in [0.4, 0.5) is 13.2 Å². The van der Waals surface area contributed by atoms with E-state index in [1.807, 2.05) is 20.8 Å². The molecule has 0 aliphatic carbocycles. The molecule has 102 valence electrons. The molecular formula is C13H17F3O2. The molecule has 0 amide bonds. The summed E-state index contributed by atoms with van der Waals surface area (Å²) < 4.78 is 48.7. The third kappa shape index (κ3) is 2.89. The summed E-state index contributed by atoms with van der Waals surface area (Å²) in [5, 5.41) is 0. The first-order valence-corrected chi connectivity index (χ1v) is 5.45. The molecule has 2 nitrogen and oxygen atoms in total. The minimum absolute atomic E-state index is 0.229. The Kier molecular flexibility index (Phi) is 3.84. The summed E-state index contributed by atoms with van der Waals surface area (Å²) >= 11 is 0. The van der Waals surface area contributed by atoms with Crippen molar-refractivity contribution in [3.63, 3.8) is 0 Å². The Labute approximate surface area is 105 Å². The topological polar surface area (TPSA) is 18.5 Å². The highest BCUT2D eigenvalue weighted by molar-refractivity contribution is 5.50. The van der Waals surface area contributed by atoms with Gasteiger partial charge in [0, 0.05) is 11.6 Å². The maximum absolute atomic E-state index is 12.9. The third-order valence-electron chi connectivity index (χ3n) is 2.64. The molecule has 0 N–H and O–H groups in total. The summed E-state index contributed by atoms with van der Waals surface area (Å²) in [5.41, 5.74) is -0.730. The minimum atomic E-state index is -4.45. The fourth-order valence-electron chi connectivity index (χ4n) is 1.71. The molecule has 1 rings (SSSR count). The lowest BCUT2D eigenvalue weighted by Crippen LogP contribution is -2.16. The lowest BCUT2D eigenvalue weighted by Gasteiger charge is -2.24. The Balaban J connectivity index is 3.55. The van der Waals surface area contributed by atoms with Crippen LogP contribution in [0.1, 0.15) is 31.9 Å². The van der Waals surface area contributed by atoms with Crippen LogP contribution in [0, 0.1) is 0 Å². The molecule has 0 atom stereocenters. The molecule has 0 aromatic heterocycles. The molecule has 0 saturated heterocycles. The Morgan fingerprint density at radius 2 is 1.28 bits per heavy atom. The predicted molar refractivity (Wildman–Crippen MR) is 63.2 cm³/mol. The number of methoxy groups -OCH3 is 2. The second-order valence-electron chi connectivity index (χ2n) is 5.00. The van der Waals surface area contributed by atoms with E-state index in [0.717, 1.165) is 6.07 Å². The standard InChI is InChI=1S/C13H17F3O2/c1-12(2,3)8-6-9(13(14,15)16)11(18-5)7-10(8)17-4/h6-7H,1-5H3. The van der Waals surface area contributed by atoms with Crippen LogP contribution in [0.5, 0.6) is 11.5 Å². The molecule has 0 fully saturated rings. The molecule has 1 aromatic carbocycles. The van der Waals surface area contributed by atoms with Gasteiger partial charge < -0.3 is 9.47 Å². The van der Waals surface area contributed by atoms with Crippen LogP contribution in [0.2, 0.25) is 0 Å². The summed E-state index contributed by atoms with van der Waals surface area (Å²) in [6, 6.07) is 2.38. The van der Waals surface area contributed by atoms with Gasteiger partial charge in [-0.3, -0.25) is 0 Å². The Morgan fingerprint density at radius 1 is 0.833 bits per heavy atom. The van der Waals surface area contributed by atoms with E-state index in [4.69, 9.17) is 9.47 Å². The van der Waals surface area contributed by atoms with Gasteiger partial charge in [-0.25, -0.2) is 0 Å². The van der Waals surface area contributed by atoms with Crippen molar-refractivity contribution < 1.29 is 22.6 Å². The molecule has 0 aliphatic heterocycles. The Morgan fingerprint density at radius 3 is 1.61 bits per heavy atom. The largest absolute Gasteiger partial charge is 0.496 e. The van der Waals surface area contributed by atoms with Crippen molar-refractivity contribution in [2.45, 2.75) is 32.4 Å². The quantitative estimate of drug-likeness (QED) is 0.801. The fraction of sp³-hybridized carbons (Fsp3) is 0.538. The van der Waals surface area contributed by atoms with Crippen LogP contribution in [0.25, 0.3) is 0 Å². The normalized spacial score (nSPS) is 12.4. The number of ether oxygens (including phenoxy) is 2. The maximum Gasteiger partial charge on any atom is 0.419 e. The van der Waals surface area contributed by atoms with Crippen LogP contribution < -0.4 is 9.47 Å². The van der Waals surface area contributed by atoms with Gasteiger partial charge >= 0.3 is 6.18 Å². The predicted octanol–water partition coefficient (Wildman–Crippen LogP) is 4.02. The molecule has 0 spiro atoms. The molecule has 0 radical (unpaired) electrons. The second-order valence-corrected chi connectivity index (χ2v) is 5.00. The first kappa shape index (κ1) is 14.7. The first-order valence-electron chi connectivity index (χ1n) is 5.45. The van der Waals surface area contributed by atoms with Gasteiger partial charge in [0.15, 0.2) is 0 Å². The summed E-state index contributed by atoms with van der Waals surface area (Å²) in [4.78, 5) is 0. The van der Waals surface area contributed by atoms with E-state index in [0.29, 0.717) is 11.3 Å². The van der Waals surface area contributed by atoms with E-state index < -0.39 is 17.2 Å². The van der Waals surface area contributed by atoms with Gasteiger partial charge in [0.05, 0.1) is 19.8 Å². The number of benzene rings is 1. The minimum Gasteiger partial charge on any atom is -0.496 e. The Hall–Kier alpha value is -1.39. The molecule has 18 heavy (non-hydrogen) atoms. The van der Waals surface area contributed by atoms with Crippen LogP contribution in [0.3, 0.4) is 0 Å². The van der Waals surface area contributed by atoms with Gasteiger partial charge in [-0.2, -0.15) is 13.2 Å². The van der Waals surface area contributed by atoms with Crippen molar-refractivity contribution in [2.24, 2.45) is 0 Å². The fourth-order valence-corrected chi connectivity index (χ4v) is 1.71. The van der Waals surface area contributed by atoms with E-state index in [1.54, 1.807) is 0 Å². The molecule has 0 saturated carbocycles. The smallest absolute Gasteiger partial charge is 0.419 e. The zero-order valence-electron chi connectivity index (χ0n) is 11.1. The van der Waals surface area contributed by atoms with Gasteiger partial charge in [-0.15, -0.1) is 0 Å². The zero-order valence-corrected chi connectivity index (χ0v) is 11.1. The molecule has 1 aromatic rings. The Bertz CT molecular complexity index is 394. The van der Waals surface area contributed by atoms with Gasteiger partial charge in [-0.05, 0) is 11.5 Å². The lowest BCUT2D eigenvalue weighted by atomic mass is 9.85. The highest BCUT2D eigenvalue weighted by Gasteiger charge is 2.36. The van der Waals surface area contributed by atoms with E-state index in [9.17, 15) is 13.2 Å². The molecule has 0 aliphatic rings. The monoisotopic (exact) mass is 262 g/mol.